The van der Waals surface area contributed by atoms with Crippen LogP contribution in [0.3, 0.4) is 0 Å². The van der Waals surface area contributed by atoms with E-state index in [1.54, 1.807) is 0 Å². The van der Waals surface area contributed by atoms with Gasteiger partial charge in [-0.25, -0.2) is 4.79 Å². The predicted molar refractivity (Wildman–Crippen MR) is 64.5 cm³/mol. The summed E-state index contributed by atoms with van der Waals surface area (Å²) in [5, 5.41) is 2.73. The Morgan fingerprint density at radius 2 is 1.62 bits per heavy atom. The summed E-state index contributed by atoms with van der Waals surface area (Å²) in [6.07, 6.45) is -0.402. The van der Waals surface area contributed by atoms with Gasteiger partial charge < -0.3 is 10.1 Å². The van der Waals surface area contributed by atoms with Gasteiger partial charge >= 0.3 is 6.09 Å². The first-order chi connectivity index (χ1) is 7.54. The predicted octanol–water partition coefficient (Wildman–Crippen LogP) is 3.23. The quantitative estimate of drug-likeness (QED) is 0.851. The minimum Gasteiger partial charge on any atom is -0.453 e. The van der Waals surface area contributed by atoms with E-state index in [4.69, 9.17) is 0 Å². The van der Waals surface area contributed by atoms with Crippen LogP contribution in [-0.2, 0) is 4.74 Å². The number of methoxy groups -OCH3 is 1. The monoisotopic (exact) mass is 221 g/mol. The molecule has 3 heteroatoms. The minimum atomic E-state index is -0.402. The molecule has 1 amide bonds. The van der Waals surface area contributed by atoms with E-state index < -0.39 is 6.09 Å². The second-order valence-corrected chi connectivity index (χ2v) is 4.18. The Morgan fingerprint density at radius 1 is 1.12 bits per heavy atom. The van der Waals surface area contributed by atoms with E-state index in [1.807, 2.05) is 19.1 Å². The Bertz CT molecular complexity index is 343. The van der Waals surface area contributed by atoms with E-state index in [0.717, 1.165) is 5.56 Å². The largest absolute Gasteiger partial charge is 0.453 e. The standard InChI is InChI=1S/C13H19NO2/c1-9(2)11-5-7-12(8-6-11)10(3)14-13(15)16-4/h5-10H,1-4H3,(H,14,15)/t10-/m0/s1. The molecular formula is C13H19NO2. The molecule has 0 fully saturated rings. The molecular weight excluding hydrogens is 202 g/mol. The van der Waals surface area contributed by atoms with Gasteiger partial charge in [-0.2, -0.15) is 0 Å². The van der Waals surface area contributed by atoms with Gasteiger partial charge in [0.05, 0.1) is 13.2 Å². The van der Waals surface area contributed by atoms with Crippen molar-refractivity contribution < 1.29 is 9.53 Å². The van der Waals surface area contributed by atoms with Crippen molar-refractivity contribution in [3.05, 3.63) is 35.4 Å². The fraction of sp³-hybridized carbons (Fsp3) is 0.462. The zero-order valence-electron chi connectivity index (χ0n) is 10.3. The number of carbonyl (C=O) groups excluding carboxylic acids is 1. The molecule has 1 aromatic rings. The van der Waals surface area contributed by atoms with Crippen LogP contribution in [-0.4, -0.2) is 13.2 Å². The lowest BCUT2D eigenvalue weighted by Crippen LogP contribution is -2.26. The third-order valence-corrected chi connectivity index (χ3v) is 2.62. The second-order valence-electron chi connectivity index (χ2n) is 4.18. The molecule has 0 radical (unpaired) electrons. The van der Waals surface area contributed by atoms with Crippen LogP contribution in [0.1, 0.15) is 43.9 Å². The molecule has 0 spiro atoms. The summed E-state index contributed by atoms with van der Waals surface area (Å²) in [4.78, 5) is 11.0. The van der Waals surface area contributed by atoms with Crippen LogP contribution in [0.5, 0.6) is 0 Å². The third-order valence-electron chi connectivity index (χ3n) is 2.62. The molecule has 3 nitrogen and oxygen atoms in total. The third kappa shape index (κ3) is 3.26. The zero-order chi connectivity index (χ0) is 12.1. The highest BCUT2D eigenvalue weighted by molar-refractivity contribution is 5.67. The highest BCUT2D eigenvalue weighted by atomic mass is 16.5. The van der Waals surface area contributed by atoms with Gasteiger partial charge in [-0.15, -0.1) is 0 Å². The van der Waals surface area contributed by atoms with E-state index in [-0.39, 0.29) is 6.04 Å². The maximum absolute atomic E-state index is 11.0. The van der Waals surface area contributed by atoms with E-state index in [9.17, 15) is 4.79 Å². The molecule has 0 heterocycles. The average molecular weight is 221 g/mol. The molecule has 0 bridgehead atoms. The van der Waals surface area contributed by atoms with Crippen molar-refractivity contribution in [2.75, 3.05) is 7.11 Å². The number of hydrogen-bond acceptors (Lipinski definition) is 2. The van der Waals surface area contributed by atoms with Gasteiger partial charge in [0.1, 0.15) is 0 Å². The molecule has 1 N–H and O–H groups in total. The highest BCUT2D eigenvalue weighted by Crippen LogP contribution is 2.18. The minimum absolute atomic E-state index is 0.0336. The van der Waals surface area contributed by atoms with Gasteiger partial charge in [-0.05, 0) is 24.0 Å². The Morgan fingerprint density at radius 3 is 2.06 bits per heavy atom. The smallest absolute Gasteiger partial charge is 0.407 e. The summed E-state index contributed by atoms with van der Waals surface area (Å²) in [6, 6.07) is 8.23. The van der Waals surface area contributed by atoms with Gasteiger partial charge in [0.15, 0.2) is 0 Å². The summed E-state index contributed by atoms with van der Waals surface area (Å²) < 4.78 is 4.55. The number of rotatable bonds is 3. The maximum Gasteiger partial charge on any atom is 0.407 e. The summed E-state index contributed by atoms with van der Waals surface area (Å²) in [6.45, 7) is 6.25. The number of nitrogens with one attached hydrogen (secondary N) is 1. The molecule has 16 heavy (non-hydrogen) atoms. The van der Waals surface area contributed by atoms with Gasteiger partial charge in [-0.3, -0.25) is 0 Å². The van der Waals surface area contributed by atoms with Crippen LogP contribution in [0.4, 0.5) is 4.79 Å². The summed E-state index contributed by atoms with van der Waals surface area (Å²) >= 11 is 0. The molecule has 0 unspecified atom stereocenters. The lowest BCUT2D eigenvalue weighted by Gasteiger charge is -2.14. The Kier molecular flexibility index (Phi) is 4.35. The Hall–Kier alpha value is -1.51. The number of alkyl carbamates (subject to hydrolysis) is 1. The molecule has 0 saturated heterocycles. The van der Waals surface area contributed by atoms with Gasteiger partial charge in [0.2, 0.25) is 0 Å². The van der Waals surface area contributed by atoms with Crippen LogP contribution in [0, 0.1) is 0 Å². The van der Waals surface area contributed by atoms with Crippen LogP contribution >= 0.6 is 0 Å². The van der Waals surface area contributed by atoms with Crippen LogP contribution in [0.25, 0.3) is 0 Å². The van der Waals surface area contributed by atoms with E-state index in [1.165, 1.54) is 12.7 Å². The van der Waals surface area contributed by atoms with Crippen molar-refractivity contribution >= 4 is 6.09 Å². The van der Waals surface area contributed by atoms with Crippen molar-refractivity contribution in [1.29, 1.82) is 0 Å². The number of ether oxygens (including phenoxy) is 1. The van der Waals surface area contributed by atoms with Gasteiger partial charge in [0, 0.05) is 0 Å². The highest BCUT2D eigenvalue weighted by Gasteiger charge is 2.09. The van der Waals surface area contributed by atoms with E-state index in [0.29, 0.717) is 5.92 Å². The van der Waals surface area contributed by atoms with Crippen molar-refractivity contribution in [2.45, 2.75) is 32.7 Å². The first-order valence-corrected chi connectivity index (χ1v) is 5.49. The molecule has 0 saturated carbocycles. The summed E-state index contributed by atoms with van der Waals surface area (Å²) in [5.41, 5.74) is 2.38. The summed E-state index contributed by atoms with van der Waals surface area (Å²) in [7, 11) is 1.36. The Balaban J connectivity index is 2.70. The van der Waals surface area contributed by atoms with Crippen LogP contribution < -0.4 is 5.32 Å². The lowest BCUT2D eigenvalue weighted by atomic mass is 10.00. The number of amides is 1. The lowest BCUT2D eigenvalue weighted by molar-refractivity contribution is 0.167. The van der Waals surface area contributed by atoms with Crippen molar-refractivity contribution in [2.24, 2.45) is 0 Å². The average Bonchev–Trinajstić information content (AvgIpc) is 2.28. The van der Waals surface area contributed by atoms with Crippen LogP contribution in [0.2, 0.25) is 0 Å². The normalized spacial score (nSPS) is 12.3. The Labute approximate surface area is 96.8 Å². The molecule has 1 aromatic carbocycles. The molecule has 88 valence electrons. The first kappa shape index (κ1) is 12.6. The molecule has 0 aromatic heterocycles. The summed E-state index contributed by atoms with van der Waals surface area (Å²) in [5.74, 6) is 0.526. The fourth-order valence-electron chi connectivity index (χ4n) is 1.49. The maximum atomic E-state index is 11.0. The van der Waals surface area contributed by atoms with Crippen molar-refractivity contribution in [3.8, 4) is 0 Å². The fourth-order valence-corrected chi connectivity index (χ4v) is 1.49. The molecule has 1 atom stereocenters. The van der Waals surface area contributed by atoms with Gasteiger partial charge in [0.25, 0.3) is 0 Å². The van der Waals surface area contributed by atoms with Crippen molar-refractivity contribution in [1.82, 2.24) is 5.32 Å². The SMILES string of the molecule is COC(=O)N[C@@H](C)c1ccc(C(C)C)cc1. The van der Waals surface area contributed by atoms with E-state index in [2.05, 4.69) is 36.0 Å². The van der Waals surface area contributed by atoms with Crippen LogP contribution in [0.15, 0.2) is 24.3 Å². The van der Waals surface area contributed by atoms with E-state index >= 15 is 0 Å². The molecule has 0 aliphatic rings. The second kappa shape index (κ2) is 5.54. The molecule has 0 aliphatic carbocycles. The molecule has 0 aliphatic heterocycles. The number of carbonyl (C=O) groups is 1. The zero-order valence-corrected chi connectivity index (χ0v) is 10.3. The first-order valence-electron chi connectivity index (χ1n) is 5.49. The van der Waals surface area contributed by atoms with Gasteiger partial charge in [-0.1, -0.05) is 38.1 Å². The number of hydrogen-bond donors (Lipinski definition) is 1. The number of benzene rings is 1. The topological polar surface area (TPSA) is 38.3 Å². The molecule has 1 rings (SSSR count). The van der Waals surface area contributed by atoms with Crippen molar-refractivity contribution in [3.63, 3.8) is 0 Å².